The van der Waals surface area contributed by atoms with Gasteiger partial charge in [0.05, 0.1) is 5.54 Å². The number of carbonyl (C=O) groups excluding carboxylic acids is 1. The standard InChI is InChI=1S/C25H31BrClFN2O2/c1-23(2,3)13-22-25(29,19-10-9-18(27)12-21(19)28)20(16-7-6-8-17(26)11-16)14-30(22)24(4,5)32-15-31/h6-12,15,20,22H,13-14,29H2,1-5H3/t20-,22+,25+/m1/s1. The number of benzene rings is 2. The van der Waals surface area contributed by atoms with Crippen molar-refractivity contribution in [3.63, 3.8) is 0 Å². The van der Waals surface area contributed by atoms with Gasteiger partial charge in [0.15, 0.2) is 5.72 Å². The van der Waals surface area contributed by atoms with Crippen LogP contribution in [0, 0.1) is 11.2 Å². The lowest BCUT2D eigenvalue weighted by Crippen LogP contribution is -2.57. The van der Waals surface area contributed by atoms with Crippen molar-refractivity contribution in [1.29, 1.82) is 0 Å². The Hall–Kier alpha value is -1.47. The minimum Gasteiger partial charge on any atom is -0.446 e. The molecular weight excluding hydrogens is 495 g/mol. The van der Waals surface area contributed by atoms with Gasteiger partial charge < -0.3 is 10.5 Å². The summed E-state index contributed by atoms with van der Waals surface area (Å²) in [5.74, 6) is -0.688. The van der Waals surface area contributed by atoms with Gasteiger partial charge in [0.25, 0.3) is 6.47 Å². The largest absolute Gasteiger partial charge is 0.446 e. The predicted octanol–water partition coefficient (Wildman–Crippen LogP) is 6.21. The number of carbonyl (C=O) groups is 1. The van der Waals surface area contributed by atoms with Crippen LogP contribution in [-0.2, 0) is 15.1 Å². The van der Waals surface area contributed by atoms with Crippen molar-refractivity contribution < 1.29 is 13.9 Å². The first-order valence-electron chi connectivity index (χ1n) is 10.7. The molecule has 32 heavy (non-hydrogen) atoms. The fraction of sp³-hybridized carbons (Fsp3) is 0.480. The van der Waals surface area contributed by atoms with E-state index >= 15 is 4.39 Å². The van der Waals surface area contributed by atoms with Crippen molar-refractivity contribution in [2.45, 2.75) is 64.3 Å². The third kappa shape index (κ3) is 4.89. The van der Waals surface area contributed by atoms with Gasteiger partial charge in [-0.05, 0) is 55.5 Å². The molecule has 0 radical (unpaired) electrons. The van der Waals surface area contributed by atoms with Crippen molar-refractivity contribution in [1.82, 2.24) is 4.90 Å². The highest BCUT2D eigenvalue weighted by molar-refractivity contribution is 9.10. The van der Waals surface area contributed by atoms with Gasteiger partial charge in [-0.25, -0.2) is 4.39 Å². The molecule has 0 amide bonds. The van der Waals surface area contributed by atoms with Crippen LogP contribution in [0.2, 0.25) is 5.02 Å². The zero-order valence-corrected chi connectivity index (χ0v) is 21.5. The third-order valence-corrected chi connectivity index (χ3v) is 7.09. The summed E-state index contributed by atoms with van der Waals surface area (Å²) < 4.78 is 21.8. The van der Waals surface area contributed by atoms with Crippen molar-refractivity contribution in [3.05, 3.63) is 68.9 Å². The molecule has 3 atom stereocenters. The van der Waals surface area contributed by atoms with Gasteiger partial charge in [-0.2, -0.15) is 0 Å². The van der Waals surface area contributed by atoms with Crippen LogP contribution >= 0.6 is 27.5 Å². The molecular formula is C25H31BrClFN2O2. The summed E-state index contributed by atoms with van der Waals surface area (Å²) >= 11 is 9.63. The van der Waals surface area contributed by atoms with Gasteiger partial charge >= 0.3 is 0 Å². The smallest absolute Gasteiger partial charge is 0.294 e. The van der Waals surface area contributed by atoms with Crippen LogP contribution < -0.4 is 5.73 Å². The Balaban J connectivity index is 2.28. The molecule has 0 saturated carbocycles. The molecule has 1 aliphatic heterocycles. The Morgan fingerprint density at radius 2 is 1.94 bits per heavy atom. The summed E-state index contributed by atoms with van der Waals surface area (Å²) in [6, 6.07) is 12.3. The fourth-order valence-electron chi connectivity index (χ4n) is 4.92. The summed E-state index contributed by atoms with van der Waals surface area (Å²) in [4.78, 5) is 13.4. The van der Waals surface area contributed by atoms with Crippen LogP contribution in [0.15, 0.2) is 46.9 Å². The molecule has 0 aliphatic carbocycles. The summed E-state index contributed by atoms with van der Waals surface area (Å²) in [6.45, 7) is 11.0. The van der Waals surface area contributed by atoms with E-state index in [-0.39, 0.29) is 17.4 Å². The highest BCUT2D eigenvalue weighted by Gasteiger charge is 2.58. The second kappa shape index (κ2) is 9.05. The summed E-state index contributed by atoms with van der Waals surface area (Å²) in [6.07, 6.45) is 0.668. The minimum absolute atomic E-state index is 0.111. The first-order valence-corrected chi connectivity index (χ1v) is 11.8. The van der Waals surface area contributed by atoms with Gasteiger partial charge in [-0.3, -0.25) is 9.69 Å². The number of ether oxygens (including phenoxy) is 1. The predicted molar refractivity (Wildman–Crippen MR) is 130 cm³/mol. The monoisotopic (exact) mass is 524 g/mol. The Morgan fingerprint density at radius 1 is 1.25 bits per heavy atom. The van der Waals surface area contributed by atoms with Crippen LogP contribution in [0.4, 0.5) is 4.39 Å². The molecule has 1 fully saturated rings. The van der Waals surface area contributed by atoms with Crippen LogP contribution in [-0.4, -0.2) is 29.7 Å². The highest BCUT2D eigenvalue weighted by atomic mass is 79.9. The maximum atomic E-state index is 15.4. The van der Waals surface area contributed by atoms with E-state index in [0.717, 1.165) is 10.0 Å². The SMILES string of the molecule is CC(C)(C)C[C@@H]1N(C(C)(C)OC=O)C[C@H](c2cccc(Br)c2)[C@@]1(N)c1ccc(Cl)cc1F. The van der Waals surface area contributed by atoms with Crippen molar-refractivity contribution in [2.24, 2.45) is 11.1 Å². The molecule has 2 N–H and O–H groups in total. The molecule has 4 nitrogen and oxygen atoms in total. The Labute approximate surface area is 203 Å². The van der Waals surface area contributed by atoms with Gasteiger partial charge in [-0.1, -0.05) is 66.5 Å². The Bertz CT molecular complexity index is 994. The number of nitrogens with zero attached hydrogens (tertiary/aromatic N) is 1. The van der Waals surface area contributed by atoms with Gasteiger partial charge in [0.2, 0.25) is 0 Å². The zero-order chi connectivity index (χ0) is 23.9. The summed E-state index contributed by atoms with van der Waals surface area (Å²) in [7, 11) is 0. The van der Waals surface area contributed by atoms with Crippen molar-refractivity contribution in [3.8, 4) is 0 Å². The number of halogens is 3. The van der Waals surface area contributed by atoms with E-state index in [1.807, 2.05) is 38.1 Å². The van der Waals surface area contributed by atoms with Crippen LogP contribution in [0.25, 0.3) is 0 Å². The number of hydrogen-bond donors (Lipinski definition) is 1. The Morgan fingerprint density at radius 3 is 2.50 bits per heavy atom. The maximum Gasteiger partial charge on any atom is 0.294 e. The average Bonchev–Trinajstić information content (AvgIpc) is 2.94. The number of likely N-dealkylation sites (tertiary alicyclic amines) is 1. The first-order chi connectivity index (χ1) is 14.8. The molecule has 0 spiro atoms. The normalized spacial score (nSPS) is 24.5. The van der Waals surface area contributed by atoms with Crippen molar-refractivity contribution >= 4 is 34.0 Å². The van der Waals surface area contributed by atoms with Crippen LogP contribution in [0.1, 0.15) is 58.1 Å². The number of nitrogens with two attached hydrogens (primary N) is 1. The molecule has 0 unspecified atom stereocenters. The van der Waals surface area contributed by atoms with Gasteiger partial charge in [-0.15, -0.1) is 0 Å². The molecule has 174 valence electrons. The zero-order valence-electron chi connectivity index (χ0n) is 19.2. The van der Waals surface area contributed by atoms with Gasteiger partial charge in [0.1, 0.15) is 5.82 Å². The van der Waals surface area contributed by atoms with Crippen LogP contribution in [0.3, 0.4) is 0 Å². The second-order valence-electron chi connectivity index (χ2n) is 10.3. The van der Waals surface area contributed by atoms with E-state index in [2.05, 4.69) is 41.6 Å². The van der Waals surface area contributed by atoms with E-state index < -0.39 is 17.1 Å². The van der Waals surface area contributed by atoms with E-state index in [1.54, 1.807) is 12.1 Å². The fourth-order valence-corrected chi connectivity index (χ4v) is 5.49. The van der Waals surface area contributed by atoms with E-state index in [9.17, 15) is 4.79 Å². The molecule has 0 bridgehead atoms. The lowest BCUT2D eigenvalue weighted by Gasteiger charge is -2.45. The number of rotatable bonds is 6. The molecule has 3 rings (SSSR count). The van der Waals surface area contributed by atoms with Crippen LogP contribution in [0.5, 0.6) is 0 Å². The lowest BCUT2D eigenvalue weighted by atomic mass is 9.70. The average molecular weight is 526 g/mol. The second-order valence-corrected chi connectivity index (χ2v) is 11.6. The topological polar surface area (TPSA) is 55.6 Å². The molecule has 1 aliphatic rings. The quantitative estimate of drug-likeness (QED) is 0.456. The molecule has 0 aromatic heterocycles. The molecule has 7 heteroatoms. The third-order valence-electron chi connectivity index (χ3n) is 6.37. The highest BCUT2D eigenvalue weighted by Crippen LogP contribution is 2.52. The maximum absolute atomic E-state index is 15.4. The lowest BCUT2D eigenvalue weighted by molar-refractivity contribution is -0.165. The van der Waals surface area contributed by atoms with E-state index in [1.165, 1.54) is 6.07 Å². The molecule has 1 heterocycles. The minimum atomic E-state index is -1.09. The molecule has 1 saturated heterocycles. The summed E-state index contributed by atoms with van der Waals surface area (Å²) in [5, 5.41) is 0.320. The Kier molecular flexibility index (Phi) is 7.12. The molecule has 2 aromatic rings. The van der Waals surface area contributed by atoms with Crippen molar-refractivity contribution in [2.75, 3.05) is 6.54 Å². The van der Waals surface area contributed by atoms with E-state index in [0.29, 0.717) is 30.0 Å². The van der Waals surface area contributed by atoms with E-state index in [4.69, 9.17) is 22.1 Å². The summed E-state index contributed by atoms with van der Waals surface area (Å²) in [5.41, 5.74) is 6.58. The number of hydrogen-bond acceptors (Lipinski definition) is 4. The first kappa shape index (κ1) is 25.2. The molecule has 2 aromatic carbocycles. The van der Waals surface area contributed by atoms with Gasteiger partial charge in [0, 0.05) is 33.6 Å².